The van der Waals surface area contributed by atoms with Crippen LogP contribution in [0.1, 0.15) is 25.8 Å². The first-order valence-corrected chi connectivity index (χ1v) is 6.30. The van der Waals surface area contributed by atoms with Crippen LogP contribution in [0.3, 0.4) is 0 Å². The fourth-order valence-corrected chi connectivity index (χ4v) is 3.23. The van der Waals surface area contributed by atoms with Gasteiger partial charge in [-0.15, -0.1) is 0 Å². The van der Waals surface area contributed by atoms with E-state index in [4.69, 9.17) is 14.2 Å². The molecule has 4 atom stereocenters. The van der Waals surface area contributed by atoms with E-state index >= 15 is 0 Å². The van der Waals surface area contributed by atoms with Gasteiger partial charge in [0.05, 0.1) is 6.10 Å². The first-order valence-electron chi connectivity index (χ1n) is 6.30. The second-order valence-electron chi connectivity index (χ2n) is 5.63. The molecular formula is C12H14N2O5. The van der Waals surface area contributed by atoms with Crippen LogP contribution in [-0.2, 0) is 20.6 Å². The third-order valence-electron chi connectivity index (χ3n) is 3.85. The van der Waals surface area contributed by atoms with Gasteiger partial charge in [0.1, 0.15) is 12.2 Å². The quantitative estimate of drug-likeness (QED) is 0.685. The fraction of sp³-hybridized carbons (Fsp3) is 0.667. The number of fused-ring (bicyclic) bond motifs is 7. The summed E-state index contributed by atoms with van der Waals surface area (Å²) in [5, 5.41) is 0. The van der Waals surface area contributed by atoms with Crippen molar-refractivity contribution in [3.63, 3.8) is 0 Å². The molecule has 0 aromatic carbocycles. The molecule has 4 rings (SSSR count). The molecule has 1 aromatic heterocycles. The normalized spacial score (nSPS) is 38.0. The molecule has 4 heterocycles. The molecule has 7 heteroatoms. The van der Waals surface area contributed by atoms with Gasteiger partial charge in [-0.05, 0) is 13.8 Å². The Morgan fingerprint density at radius 3 is 2.84 bits per heavy atom. The molecule has 1 aromatic rings. The number of rotatable bonds is 0. The van der Waals surface area contributed by atoms with Crippen LogP contribution < -0.4 is 11.2 Å². The molecule has 7 nitrogen and oxygen atoms in total. The van der Waals surface area contributed by atoms with E-state index in [0.717, 1.165) is 0 Å². The third-order valence-corrected chi connectivity index (χ3v) is 3.85. The van der Waals surface area contributed by atoms with Crippen LogP contribution in [0.15, 0.2) is 15.7 Å². The summed E-state index contributed by atoms with van der Waals surface area (Å²) in [7, 11) is 0. The van der Waals surface area contributed by atoms with Crippen molar-refractivity contribution in [2.75, 3.05) is 0 Å². The van der Waals surface area contributed by atoms with Crippen LogP contribution in [0.25, 0.3) is 0 Å². The lowest BCUT2D eigenvalue weighted by Gasteiger charge is -2.29. The molecular weight excluding hydrogens is 252 g/mol. The van der Waals surface area contributed by atoms with E-state index in [-0.39, 0.29) is 23.9 Å². The predicted octanol–water partition coefficient (Wildman–Crippen LogP) is -0.490. The molecule has 0 aliphatic carbocycles. The summed E-state index contributed by atoms with van der Waals surface area (Å²) in [6.45, 7) is 3.69. The zero-order valence-electron chi connectivity index (χ0n) is 10.6. The Morgan fingerprint density at radius 1 is 1.32 bits per heavy atom. The maximum absolute atomic E-state index is 12.0. The lowest BCUT2D eigenvalue weighted by Crippen LogP contribution is -2.41. The first kappa shape index (κ1) is 11.4. The molecule has 102 valence electrons. The lowest BCUT2D eigenvalue weighted by atomic mass is 10.1. The Balaban J connectivity index is 1.85. The fourth-order valence-electron chi connectivity index (χ4n) is 3.23. The molecule has 0 radical (unpaired) electrons. The summed E-state index contributed by atoms with van der Waals surface area (Å²) in [6.07, 6.45) is -0.724. The minimum atomic E-state index is -0.668. The molecule has 2 bridgehead atoms. The Kier molecular flexibility index (Phi) is 2.01. The zero-order chi connectivity index (χ0) is 13.4. The van der Waals surface area contributed by atoms with Gasteiger partial charge in [-0.2, -0.15) is 0 Å². The van der Waals surface area contributed by atoms with Crippen LogP contribution in [0.2, 0.25) is 0 Å². The number of nitrogens with one attached hydrogen (secondary N) is 1. The van der Waals surface area contributed by atoms with E-state index in [1.54, 1.807) is 0 Å². The van der Waals surface area contributed by atoms with Crippen molar-refractivity contribution in [2.24, 2.45) is 0 Å². The number of hydrogen-bond acceptors (Lipinski definition) is 5. The van der Waals surface area contributed by atoms with Crippen LogP contribution in [-0.4, -0.2) is 33.7 Å². The average molecular weight is 266 g/mol. The summed E-state index contributed by atoms with van der Waals surface area (Å²) < 4.78 is 18.9. The van der Waals surface area contributed by atoms with Crippen molar-refractivity contribution >= 4 is 0 Å². The highest BCUT2D eigenvalue weighted by molar-refractivity contribution is 5.13. The molecule has 3 aliphatic heterocycles. The van der Waals surface area contributed by atoms with Crippen LogP contribution in [0.4, 0.5) is 0 Å². The second-order valence-corrected chi connectivity index (χ2v) is 5.63. The van der Waals surface area contributed by atoms with E-state index < -0.39 is 17.7 Å². The van der Waals surface area contributed by atoms with Gasteiger partial charge in [0.15, 0.2) is 12.0 Å². The minimum Gasteiger partial charge on any atom is -0.349 e. The molecule has 2 fully saturated rings. The largest absolute Gasteiger partial charge is 0.349 e. The highest BCUT2D eigenvalue weighted by Crippen LogP contribution is 2.45. The number of ether oxygens (including phenoxy) is 3. The maximum Gasteiger partial charge on any atom is 0.330 e. The molecule has 19 heavy (non-hydrogen) atoms. The second kappa shape index (κ2) is 3.36. The lowest BCUT2D eigenvalue weighted by molar-refractivity contribution is -0.202. The van der Waals surface area contributed by atoms with Crippen LogP contribution in [0.5, 0.6) is 0 Å². The Labute approximate surface area is 108 Å². The summed E-state index contributed by atoms with van der Waals surface area (Å²) in [5.74, 6) is -0.668. The number of aromatic amines is 1. The highest BCUT2D eigenvalue weighted by Gasteiger charge is 2.58. The average Bonchev–Trinajstić information content (AvgIpc) is 2.73. The predicted molar refractivity (Wildman–Crippen MR) is 62.8 cm³/mol. The zero-order valence-corrected chi connectivity index (χ0v) is 10.6. The molecule has 0 spiro atoms. The van der Waals surface area contributed by atoms with E-state index in [1.807, 2.05) is 13.8 Å². The monoisotopic (exact) mass is 266 g/mol. The summed E-state index contributed by atoms with van der Waals surface area (Å²) in [5.41, 5.74) is -0.167. The van der Waals surface area contributed by atoms with Crippen molar-refractivity contribution < 1.29 is 14.2 Å². The number of nitrogens with zero attached hydrogens (tertiary/aromatic N) is 1. The van der Waals surface area contributed by atoms with Gasteiger partial charge in [0, 0.05) is 18.2 Å². The number of H-pyrrole nitrogens is 1. The smallest absolute Gasteiger partial charge is 0.330 e. The third kappa shape index (κ3) is 1.49. The van der Waals surface area contributed by atoms with Gasteiger partial charge in [-0.25, -0.2) is 4.79 Å². The van der Waals surface area contributed by atoms with E-state index in [0.29, 0.717) is 12.1 Å². The van der Waals surface area contributed by atoms with E-state index in [9.17, 15) is 9.59 Å². The van der Waals surface area contributed by atoms with Crippen LogP contribution in [0, 0.1) is 0 Å². The maximum atomic E-state index is 12.0. The number of aromatic nitrogens is 2. The molecule has 1 N–H and O–H groups in total. The highest BCUT2D eigenvalue weighted by atomic mass is 16.8. The van der Waals surface area contributed by atoms with Crippen molar-refractivity contribution in [2.45, 2.75) is 50.6 Å². The Bertz CT molecular complexity index is 661. The summed E-state index contributed by atoms with van der Waals surface area (Å²) >= 11 is 0. The Hall–Kier alpha value is -1.44. The van der Waals surface area contributed by atoms with Crippen LogP contribution >= 0.6 is 0 Å². The number of hydrogen-bond donors (Lipinski definition) is 1. The topological polar surface area (TPSA) is 82.5 Å². The summed E-state index contributed by atoms with van der Waals surface area (Å²) in [4.78, 5) is 25.6. The summed E-state index contributed by atoms with van der Waals surface area (Å²) in [6, 6.07) is 1.44. The van der Waals surface area contributed by atoms with E-state index in [2.05, 4.69) is 4.98 Å². The van der Waals surface area contributed by atoms with Crippen molar-refractivity contribution in [3.05, 3.63) is 32.6 Å². The standard InChI is InChI=1S/C12H14N2O5/c1-12(2)18-8-6-3-5-4-7(15)13-11(16)14(5)10(17-6)9(8)19-12/h4,6,8-10H,3H2,1-2H3,(H,13,15,16)/t6-,8-,9-,10-/m1/s1. The van der Waals surface area contributed by atoms with Crippen molar-refractivity contribution in [3.8, 4) is 0 Å². The molecule has 3 aliphatic rings. The van der Waals surface area contributed by atoms with Gasteiger partial charge in [0.2, 0.25) is 0 Å². The van der Waals surface area contributed by atoms with Gasteiger partial charge in [-0.1, -0.05) is 0 Å². The van der Waals surface area contributed by atoms with Gasteiger partial charge < -0.3 is 14.2 Å². The van der Waals surface area contributed by atoms with Crippen molar-refractivity contribution in [1.29, 1.82) is 0 Å². The van der Waals surface area contributed by atoms with Crippen molar-refractivity contribution in [1.82, 2.24) is 9.55 Å². The SMILES string of the molecule is CC1(C)O[C@@H]2[C@H](O1)[C@H]1Cc3cc(=O)[nH]c(=O)n3[C@@H]2O1. The molecule has 2 saturated heterocycles. The molecule has 0 saturated carbocycles. The van der Waals surface area contributed by atoms with Gasteiger partial charge >= 0.3 is 5.69 Å². The molecule has 0 unspecified atom stereocenters. The van der Waals surface area contributed by atoms with E-state index in [1.165, 1.54) is 10.6 Å². The Morgan fingerprint density at radius 2 is 2.05 bits per heavy atom. The van der Waals surface area contributed by atoms with Gasteiger partial charge in [0.25, 0.3) is 5.56 Å². The minimum absolute atomic E-state index is 0.169. The van der Waals surface area contributed by atoms with Gasteiger partial charge in [-0.3, -0.25) is 14.3 Å². The first-order chi connectivity index (χ1) is 8.94. The molecule has 0 amide bonds.